The molecule has 1 aromatic carbocycles. The Labute approximate surface area is 459 Å². The predicted molar refractivity (Wildman–Crippen MR) is 285 cm³/mol. The van der Waals surface area contributed by atoms with Crippen molar-refractivity contribution in [1.82, 2.24) is 26.6 Å². The van der Waals surface area contributed by atoms with E-state index < -0.39 is 47.9 Å². The van der Waals surface area contributed by atoms with Crippen LogP contribution in [-0.4, -0.2) is 165 Å². The fraction of sp³-hybridized carbons (Fsp3) is 0.691. The molecule has 0 bridgehead atoms. The maximum absolute atomic E-state index is 13.2. The molecule has 0 aliphatic heterocycles. The Morgan fingerprint density at radius 1 is 0.526 bits per heavy atom. The molecule has 0 aliphatic rings. The van der Waals surface area contributed by atoms with Crippen molar-refractivity contribution < 1.29 is 86.9 Å². The molecule has 0 saturated carbocycles. The van der Waals surface area contributed by atoms with E-state index in [0.29, 0.717) is 57.4 Å². The Balaban J connectivity index is 2.08. The number of carbonyl (C=O) groups is 10. The Hall–Kier alpha value is -5.88. The zero-order chi connectivity index (χ0) is 57.8. The van der Waals surface area contributed by atoms with Gasteiger partial charge < -0.3 is 65.6 Å². The van der Waals surface area contributed by atoms with E-state index in [4.69, 9.17) is 40.9 Å². The maximum atomic E-state index is 13.2. The summed E-state index contributed by atoms with van der Waals surface area (Å²) in [7, 11) is 5.54. The molecule has 0 aromatic heterocycles. The van der Waals surface area contributed by atoms with Gasteiger partial charge in [0.2, 0.25) is 23.6 Å². The molecular weight excluding hydrogens is 1020 g/mol. The highest BCUT2D eigenvalue weighted by Crippen LogP contribution is 2.19. The topological polar surface area (TPSA) is 338 Å². The Kier molecular flexibility index (Phi) is 40.5. The number of Topliss-reactive ketones (excluding diaryl/α,β-unsaturated/α-hetero) is 3. The average Bonchev–Trinajstić information content (AvgIpc) is 3.40. The summed E-state index contributed by atoms with van der Waals surface area (Å²) in [6.45, 7) is 4.99. The van der Waals surface area contributed by atoms with E-state index in [2.05, 4.69) is 26.6 Å². The molecule has 1 rings (SSSR count). The summed E-state index contributed by atoms with van der Waals surface area (Å²) in [4.78, 5) is 121. The lowest BCUT2D eigenvalue weighted by atomic mass is 9.91. The van der Waals surface area contributed by atoms with Crippen molar-refractivity contribution >= 4 is 58.9 Å². The van der Waals surface area contributed by atoms with E-state index in [1.807, 2.05) is 6.92 Å². The number of rotatable bonds is 52. The normalized spacial score (nSPS) is 12.6. The van der Waals surface area contributed by atoms with Gasteiger partial charge in [-0.2, -0.15) is 0 Å². The fourth-order valence-electron chi connectivity index (χ4n) is 7.82. The zero-order valence-corrected chi connectivity index (χ0v) is 45.8. The number of hydrogen-bond donors (Lipinski definition) is 8. The molecule has 0 heterocycles. The van der Waals surface area contributed by atoms with Gasteiger partial charge in [0.25, 0.3) is 0 Å². The molecule has 1 aromatic rings. The number of hydrogen-bond acceptors (Lipinski definition) is 16. The van der Waals surface area contributed by atoms with E-state index in [0.717, 1.165) is 44.9 Å². The summed E-state index contributed by atoms with van der Waals surface area (Å²) in [5.41, 5.74) is 0.208. The SMILES string of the molecule is [CH]N[C@@H](CCC)C(=O)CC[C@@H](CCCCNC(=O)COCCOCCNC(=O)COCCOCCCC(=O)CC[C@H](NC(=O)CCCCCCCCCOc1ccc(C(=O)O)cc1)C(=O)O)C(=O)N[C@@H](CCC(=O)O)C(C)=O. The van der Waals surface area contributed by atoms with Gasteiger partial charge in [-0.1, -0.05) is 51.9 Å². The van der Waals surface area contributed by atoms with Crippen LogP contribution in [0.1, 0.15) is 159 Å². The van der Waals surface area contributed by atoms with Crippen LogP contribution in [0.2, 0.25) is 0 Å². The average molecular weight is 1110 g/mol. The molecule has 23 heteroatoms. The minimum Gasteiger partial charge on any atom is -0.494 e. The van der Waals surface area contributed by atoms with E-state index in [9.17, 15) is 53.1 Å². The lowest BCUT2D eigenvalue weighted by molar-refractivity contribution is -0.142. The number of ether oxygens (including phenoxy) is 5. The summed E-state index contributed by atoms with van der Waals surface area (Å²) in [6.07, 6.45) is 9.72. The standard InChI is InChI=1S/C55H87N5O18/c1-4-15-46(56-3)48(63)27-21-41(53(69)60-45(40(2)61)26-28-52(67)68)16-11-12-29-57-50(65)38-77-37-35-75-33-30-58-51(66)39-76-36-34-74-31-14-17-43(62)22-25-47(55(72)73)59-49(64)18-10-8-6-5-7-9-13-32-78-44-23-19-42(20-24-44)54(70)71/h3,19-20,23-24,41,45-47,56H,4-18,21-22,25-39H2,1-2H3,(H,57,65)(H,58,66)(H,59,64)(H,60,69)(H,67,68)(H,70,71)(H,72,73)/t41-,45+,46+,47+/m1/s1. The minimum atomic E-state index is -1.20. The van der Waals surface area contributed by atoms with Crippen molar-refractivity contribution in [2.24, 2.45) is 5.92 Å². The van der Waals surface area contributed by atoms with Crippen LogP contribution in [0.25, 0.3) is 0 Å². The van der Waals surface area contributed by atoms with Gasteiger partial charge in [-0.15, -0.1) is 0 Å². The number of unbranched alkanes of at least 4 members (excludes halogenated alkanes) is 7. The lowest BCUT2D eigenvalue weighted by Crippen LogP contribution is -2.43. The largest absolute Gasteiger partial charge is 0.494 e. The highest BCUT2D eigenvalue weighted by molar-refractivity contribution is 5.90. The molecule has 0 aliphatic carbocycles. The smallest absolute Gasteiger partial charge is 0.335 e. The number of carboxylic acids is 3. The Morgan fingerprint density at radius 2 is 1.13 bits per heavy atom. The van der Waals surface area contributed by atoms with Gasteiger partial charge in [-0.3, -0.25) is 38.4 Å². The third kappa shape index (κ3) is 37.0. The molecule has 23 nitrogen and oxygen atoms in total. The molecule has 4 atom stereocenters. The molecular formula is C55H87N5O18. The first-order valence-electron chi connectivity index (χ1n) is 27.3. The van der Waals surface area contributed by atoms with Crippen LogP contribution in [-0.2, 0) is 62.1 Å². The van der Waals surface area contributed by atoms with Crippen molar-refractivity contribution in [3.05, 3.63) is 36.9 Å². The number of aliphatic carboxylic acids is 2. The number of aromatic carboxylic acids is 1. The highest BCUT2D eigenvalue weighted by atomic mass is 16.5. The van der Waals surface area contributed by atoms with Gasteiger partial charge in [0, 0.05) is 64.8 Å². The van der Waals surface area contributed by atoms with Crippen molar-refractivity contribution in [2.45, 2.75) is 167 Å². The Bertz CT molecular complexity index is 1940. The van der Waals surface area contributed by atoms with Gasteiger partial charge in [-0.05, 0) is 89.0 Å². The molecule has 0 saturated heterocycles. The van der Waals surface area contributed by atoms with Gasteiger partial charge >= 0.3 is 17.9 Å². The summed E-state index contributed by atoms with van der Waals surface area (Å²) in [6, 6.07) is 3.63. The third-order valence-electron chi connectivity index (χ3n) is 12.3. The van der Waals surface area contributed by atoms with Gasteiger partial charge in [0.05, 0.1) is 57.3 Å². The zero-order valence-electron chi connectivity index (χ0n) is 45.8. The van der Waals surface area contributed by atoms with E-state index in [1.165, 1.54) is 19.1 Å². The van der Waals surface area contributed by atoms with Crippen LogP contribution in [0.5, 0.6) is 5.75 Å². The number of amides is 4. The second-order valence-electron chi connectivity index (χ2n) is 18.9. The molecule has 0 spiro atoms. The second-order valence-corrected chi connectivity index (χ2v) is 18.9. The molecule has 78 heavy (non-hydrogen) atoms. The van der Waals surface area contributed by atoms with Crippen LogP contribution in [0, 0.1) is 13.0 Å². The van der Waals surface area contributed by atoms with Crippen LogP contribution < -0.4 is 31.3 Å². The second kappa shape index (κ2) is 45.0. The highest BCUT2D eigenvalue weighted by Gasteiger charge is 2.26. The summed E-state index contributed by atoms with van der Waals surface area (Å²) >= 11 is 0. The van der Waals surface area contributed by atoms with E-state index in [1.54, 1.807) is 12.1 Å². The molecule has 2 radical (unpaired) electrons. The predicted octanol–water partition coefficient (Wildman–Crippen LogP) is 4.38. The summed E-state index contributed by atoms with van der Waals surface area (Å²) < 4.78 is 27.2. The number of ketones is 3. The molecule has 4 amide bonds. The summed E-state index contributed by atoms with van der Waals surface area (Å²) in [5.74, 6) is -5.42. The number of nitrogens with one attached hydrogen (secondary N) is 5. The molecule has 0 unspecified atom stereocenters. The van der Waals surface area contributed by atoms with Crippen molar-refractivity contribution in [3.63, 3.8) is 0 Å². The lowest BCUT2D eigenvalue weighted by Gasteiger charge is -2.22. The van der Waals surface area contributed by atoms with Gasteiger partial charge in [-0.25, -0.2) is 9.59 Å². The van der Waals surface area contributed by atoms with Gasteiger partial charge in [0.1, 0.15) is 36.6 Å². The first-order valence-corrected chi connectivity index (χ1v) is 27.3. The maximum Gasteiger partial charge on any atom is 0.335 e. The quantitative estimate of drug-likeness (QED) is 0.0331. The van der Waals surface area contributed by atoms with E-state index in [-0.39, 0.29) is 151 Å². The van der Waals surface area contributed by atoms with Crippen LogP contribution in [0.3, 0.4) is 0 Å². The molecule has 0 fully saturated rings. The van der Waals surface area contributed by atoms with Gasteiger partial charge in [0.15, 0.2) is 5.78 Å². The number of carbonyl (C=O) groups excluding carboxylic acids is 7. The van der Waals surface area contributed by atoms with E-state index >= 15 is 0 Å². The number of carboxylic acid groups (broad SMARTS) is 3. The van der Waals surface area contributed by atoms with Crippen molar-refractivity contribution in [3.8, 4) is 5.75 Å². The molecule has 8 N–H and O–H groups in total. The minimum absolute atomic E-state index is 0.00284. The monoisotopic (exact) mass is 1110 g/mol. The Morgan fingerprint density at radius 3 is 1.73 bits per heavy atom. The first kappa shape index (κ1) is 70.1. The van der Waals surface area contributed by atoms with Crippen LogP contribution >= 0.6 is 0 Å². The molecule has 440 valence electrons. The fourth-order valence-corrected chi connectivity index (χ4v) is 7.82. The van der Waals surface area contributed by atoms with Crippen molar-refractivity contribution in [1.29, 1.82) is 0 Å². The van der Waals surface area contributed by atoms with Crippen LogP contribution in [0.15, 0.2) is 24.3 Å². The van der Waals surface area contributed by atoms with Crippen LogP contribution in [0.4, 0.5) is 0 Å². The summed E-state index contributed by atoms with van der Waals surface area (Å²) in [5, 5.41) is 40.7. The third-order valence-corrected chi connectivity index (χ3v) is 12.3. The van der Waals surface area contributed by atoms with Crippen molar-refractivity contribution in [2.75, 3.05) is 72.6 Å². The first-order chi connectivity index (χ1) is 37.5. The number of benzene rings is 1.